The molecule has 1 atom stereocenters. The molecule has 0 spiro atoms. The van der Waals surface area contributed by atoms with E-state index in [1.165, 1.54) is 0 Å². The number of carboxylic acids is 1. The fraction of sp³-hybridized carbons (Fsp3) is 0.182. The first-order valence-corrected chi connectivity index (χ1v) is 3.99. The van der Waals surface area contributed by atoms with Crippen LogP contribution in [0.3, 0.4) is 0 Å². The van der Waals surface area contributed by atoms with Crippen molar-refractivity contribution < 1.29 is 9.90 Å². The summed E-state index contributed by atoms with van der Waals surface area (Å²) in [5.41, 5.74) is 0.843. The van der Waals surface area contributed by atoms with E-state index in [1.807, 2.05) is 30.3 Å². The molecule has 0 saturated heterocycles. The molecule has 0 bridgehead atoms. The van der Waals surface area contributed by atoms with Crippen molar-refractivity contribution in [3.8, 4) is 11.8 Å². The van der Waals surface area contributed by atoms with Gasteiger partial charge in [0.2, 0.25) is 0 Å². The molecule has 1 aromatic carbocycles. The standard InChI is InChI=1S/C11H10O2/c1-9(11(12)13)7-8-10-5-3-2-4-6-10/h2-6,9H,1H3,(H,12,13). The van der Waals surface area contributed by atoms with Crippen molar-refractivity contribution in [1.29, 1.82) is 0 Å². The maximum atomic E-state index is 10.4. The van der Waals surface area contributed by atoms with Crippen LogP contribution in [0.4, 0.5) is 0 Å². The Morgan fingerprint density at radius 3 is 2.54 bits per heavy atom. The van der Waals surface area contributed by atoms with Gasteiger partial charge in [-0.25, -0.2) is 0 Å². The molecule has 1 aromatic rings. The lowest BCUT2D eigenvalue weighted by Gasteiger charge is -1.92. The number of hydrogen-bond acceptors (Lipinski definition) is 1. The van der Waals surface area contributed by atoms with E-state index < -0.39 is 11.9 Å². The van der Waals surface area contributed by atoms with Gasteiger partial charge in [0.1, 0.15) is 5.92 Å². The van der Waals surface area contributed by atoms with Crippen LogP contribution < -0.4 is 0 Å². The van der Waals surface area contributed by atoms with Gasteiger partial charge in [-0.15, -0.1) is 0 Å². The van der Waals surface area contributed by atoms with Crippen molar-refractivity contribution in [3.05, 3.63) is 35.9 Å². The highest BCUT2D eigenvalue weighted by Crippen LogP contribution is 1.97. The molecule has 0 aromatic heterocycles. The Labute approximate surface area is 77.2 Å². The minimum atomic E-state index is -0.886. The van der Waals surface area contributed by atoms with Crippen LogP contribution >= 0.6 is 0 Å². The molecule has 0 heterocycles. The van der Waals surface area contributed by atoms with Crippen molar-refractivity contribution in [3.63, 3.8) is 0 Å². The van der Waals surface area contributed by atoms with Crippen LogP contribution in [0, 0.1) is 17.8 Å². The van der Waals surface area contributed by atoms with Crippen LogP contribution in [0.25, 0.3) is 0 Å². The molecule has 1 unspecified atom stereocenters. The quantitative estimate of drug-likeness (QED) is 0.658. The van der Waals surface area contributed by atoms with Crippen molar-refractivity contribution >= 4 is 5.97 Å². The summed E-state index contributed by atoms with van der Waals surface area (Å²) in [5, 5.41) is 8.56. The Bertz CT molecular complexity index is 343. The predicted octanol–water partition coefficient (Wildman–Crippen LogP) is 1.76. The third-order valence-electron chi connectivity index (χ3n) is 1.58. The van der Waals surface area contributed by atoms with Crippen LogP contribution in [-0.2, 0) is 4.79 Å². The highest BCUT2D eigenvalue weighted by Gasteiger charge is 2.04. The van der Waals surface area contributed by atoms with Gasteiger partial charge in [-0.2, -0.15) is 0 Å². The molecule has 13 heavy (non-hydrogen) atoms. The summed E-state index contributed by atoms with van der Waals surface area (Å²) in [4.78, 5) is 10.4. The second-order valence-corrected chi connectivity index (χ2v) is 2.70. The Morgan fingerprint density at radius 2 is 2.00 bits per heavy atom. The molecule has 1 N–H and O–H groups in total. The minimum absolute atomic E-state index is 0.611. The van der Waals surface area contributed by atoms with Crippen molar-refractivity contribution in [1.82, 2.24) is 0 Å². The molecule has 2 heteroatoms. The van der Waals surface area contributed by atoms with Crippen LogP contribution in [-0.4, -0.2) is 11.1 Å². The second kappa shape index (κ2) is 4.32. The lowest BCUT2D eigenvalue weighted by atomic mass is 10.1. The second-order valence-electron chi connectivity index (χ2n) is 2.70. The van der Waals surface area contributed by atoms with E-state index in [-0.39, 0.29) is 0 Å². The van der Waals surface area contributed by atoms with Gasteiger partial charge >= 0.3 is 5.97 Å². The van der Waals surface area contributed by atoms with Gasteiger partial charge in [0.15, 0.2) is 0 Å². The van der Waals surface area contributed by atoms with E-state index in [2.05, 4.69) is 11.8 Å². The van der Waals surface area contributed by atoms with Crippen molar-refractivity contribution in [2.45, 2.75) is 6.92 Å². The van der Waals surface area contributed by atoms with Crippen LogP contribution in [0.15, 0.2) is 30.3 Å². The first-order valence-electron chi connectivity index (χ1n) is 3.99. The van der Waals surface area contributed by atoms with Gasteiger partial charge in [-0.1, -0.05) is 30.0 Å². The Balaban J connectivity index is 2.73. The number of aliphatic carboxylic acids is 1. The highest BCUT2D eigenvalue weighted by molar-refractivity contribution is 5.73. The van der Waals surface area contributed by atoms with Gasteiger partial charge in [-0.05, 0) is 19.1 Å². The Morgan fingerprint density at radius 1 is 1.38 bits per heavy atom. The Hall–Kier alpha value is -1.75. The van der Waals surface area contributed by atoms with Gasteiger partial charge in [0, 0.05) is 5.56 Å². The Kier molecular flexibility index (Phi) is 3.10. The summed E-state index contributed by atoms with van der Waals surface area (Å²) in [5.74, 6) is 3.95. The summed E-state index contributed by atoms with van der Waals surface area (Å²) in [6.07, 6.45) is 0. The molecule has 1 rings (SSSR count). The summed E-state index contributed by atoms with van der Waals surface area (Å²) in [6, 6.07) is 9.33. The molecular formula is C11H10O2. The topological polar surface area (TPSA) is 37.3 Å². The minimum Gasteiger partial charge on any atom is -0.480 e. The summed E-state index contributed by atoms with van der Waals surface area (Å²) >= 11 is 0. The zero-order valence-corrected chi connectivity index (χ0v) is 7.32. The van der Waals surface area contributed by atoms with E-state index in [4.69, 9.17) is 5.11 Å². The SMILES string of the molecule is CC(C#Cc1ccccc1)C(=O)O. The molecule has 0 fully saturated rings. The van der Waals surface area contributed by atoms with Crippen LogP contribution in [0.5, 0.6) is 0 Å². The van der Waals surface area contributed by atoms with E-state index in [0.717, 1.165) is 5.56 Å². The third-order valence-corrected chi connectivity index (χ3v) is 1.58. The highest BCUT2D eigenvalue weighted by atomic mass is 16.4. The molecule has 66 valence electrons. The zero-order valence-electron chi connectivity index (χ0n) is 7.32. The summed E-state index contributed by atoms with van der Waals surface area (Å²) in [7, 11) is 0. The number of rotatable bonds is 1. The average molecular weight is 174 g/mol. The molecule has 0 radical (unpaired) electrons. The van der Waals surface area contributed by atoms with Crippen LogP contribution in [0.2, 0.25) is 0 Å². The van der Waals surface area contributed by atoms with Crippen LogP contribution in [0.1, 0.15) is 12.5 Å². The van der Waals surface area contributed by atoms with E-state index in [9.17, 15) is 4.79 Å². The molecular weight excluding hydrogens is 164 g/mol. The van der Waals surface area contributed by atoms with Gasteiger partial charge in [0.05, 0.1) is 0 Å². The zero-order chi connectivity index (χ0) is 9.68. The summed E-state index contributed by atoms with van der Waals surface area (Å²) < 4.78 is 0. The monoisotopic (exact) mass is 174 g/mol. The smallest absolute Gasteiger partial charge is 0.318 e. The third kappa shape index (κ3) is 3.00. The van der Waals surface area contributed by atoms with Gasteiger partial charge in [0.25, 0.3) is 0 Å². The summed E-state index contributed by atoms with van der Waals surface area (Å²) in [6.45, 7) is 1.57. The van der Waals surface area contributed by atoms with E-state index >= 15 is 0 Å². The number of carbonyl (C=O) groups is 1. The van der Waals surface area contributed by atoms with Crippen molar-refractivity contribution in [2.24, 2.45) is 5.92 Å². The average Bonchev–Trinajstić information content (AvgIpc) is 2.15. The largest absolute Gasteiger partial charge is 0.480 e. The van der Waals surface area contributed by atoms with E-state index in [1.54, 1.807) is 6.92 Å². The lowest BCUT2D eigenvalue weighted by Crippen LogP contribution is -2.06. The molecule has 0 saturated carbocycles. The van der Waals surface area contributed by atoms with Gasteiger partial charge < -0.3 is 5.11 Å². The number of carboxylic acid groups (broad SMARTS) is 1. The fourth-order valence-corrected chi connectivity index (χ4v) is 0.775. The molecule has 0 aliphatic rings. The predicted molar refractivity (Wildman–Crippen MR) is 50.1 cm³/mol. The van der Waals surface area contributed by atoms with E-state index in [0.29, 0.717) is 0 Å². The fourth-order valence-electron chi connectivity index (χ4n) is 0.775. The first-order chi connectivity index (χ1) is 6.20. The number of hydrogen-bond donors (Lipinski definition) is 1. The lowest BCUT2D eigenvalue weighted by molar-refractivity contribution is -0.139. The maximum Gasteiger partial charge on any atom is 0.318 e. The molecule has 0 aliphatic carbocycles. The first kappa shape index (κ1) is 9.34. The molecule has 0 aliphatic heterocycles. The number of benzene rings is 1. The molecule has 2 nitrogen and oxygen atoms in total. The molecule has 0 amide bonds. The van der Waals surface area contributed by atoms with Crippen molar-refractivity contribution in [2.75, 3.05) is 0 Å². The van der Waals surface area contributed by atoms with Gasteiger partial charge in [-0.3, -0.25) is 4.79 Å². The maximum absolute atomic E-state index is 10.4. The normalized spacial score (nSPS) is 11.2.